The molecule has 0 unspecified atom stereocenters. The summed E-state index contributed by atoms with van der Waals surface area (Å²) in [5.74, 6) is 0.736. The number of carbonyl (C=O) groups is 2. The van der Waals surface area contributed by atoms with E-state index in [1.54, 1.807) is 30.5 Å². The molecule has 0 spiro atoms. The van der Waals surface area contributed by atoms with Gasteiger partial charge in [-0.1, -0.05) is 29.8 Å². The number of morpholine rings is 1. The van der Waals surface area contributed by atoms with Gasteiger partial charge in [0.2, 0.25) is 5.91 Å². The molecule has 1 aliphatic heterocycles. The number of ether oxygens (including phenoxy) is 2. The molecule has 192 valence electrons. The fourth-order valence-electron chi connectivity index (χ4n) is 3.90. The van der Waals surface area contributed by atoms with Crippen LogP contribution in [0.3, 0.4) is 0 Å². The molecule has 0 aliphatic carbocycles. The first kappa shape index (κ1) is 26.2. The van der Waals surface area contributed by atoms with Gasteiger partial charge in [-0.2, -0.15) is 0 Å². The first-order valence-electron chi connectivity index (χ1n) is 12.0. The number of carbonyl (C=O) groups excluding carboxylic acids is 2. The number of hydrogen-bond acceptors (Lipinski definition) is 6. The molecular formula is C28H29ClN4O4. The third-order valence-corrected chi connectivity index (χ3v) is 6.21. The molecule has 0 atom stereocenters. The van der Waals surface area contributed by atoms with Gasteiger partial charge in [0.15, 0.2) is 0 Å². The predicted molar refractivity (Wildman–Crippen MR) is 145 cm³/mol. The smallest absolute Gasteiger partial charge is 0.254 e. The van der Waals surface area contributed by atoms with E-state index in [9.17, 15) is 9.59 Å². The number of nitrogens with two attached hydrogens (primary N) is 1. The lowest BCUT2D eigenvalue weighted by atomic mass is 9.99. The minimum absolute atomic E-state index is 0.0268. The van der Waals surface area contributed by atoms with E-state index in [2.05, 4.69) is 10.3 Å². The average molecular weight is 521 g/mol. The van der Waals surface area contributed by atoms with E-state index in [-0.39, 0.29) is 18.4 Å². The maximum atomic E-state index is 12.8. The number of nitrogens with one attached hydrogen (secondary N) is 1. The molecule has 37 heavy (non-hydrogen) atoms. The number of pyridine rings is 1. The molecule has 0 radical (unpaired) electrons. The van der Waals surface area contributed by atoms with Crippen LogP contribution in [-0.2, 0) is 9.53 Å². The predicted octanol–water partition coefficient (Wildman–Crippen LogP) is 3.97. The van der Waals surface area contributed by atoms with Crippen molar-refractivity contribution in [3.05, 3.63) is 82.5 Å². The second-order valence-electron chi connectivity index (χ2n) is 8.57. The minimum atomic E-state index is -0.243. The zero-order chi connectivity index (χ0) is 26.2. The maximum absolute atomic E-state index is 12.8. The van der Waals surface area contributed by atoms with Crippen LogP contribution >= 0.6 is 11.6 Å². The molecule has 2 amide bonds. The molecule has 4 rings (SSSR count). The van der Waals surface area contributed by atoms with E-state index < -0.39 is 0 Å². The number of benzene rings is 2. The van der Waals surface area contributed by atoms with Crippen LogP contribution in [-0.4, -0.2) is 61.2 Å². The highest BCUT2D eigenvalue weighted by atomic mass is 35.5. The number of aromatic nitrogens is 1. The highest BCUT2D eigenvalue weighted by Crippen LogP contribution is 2.31. The van der Waals surface area contributed by atoms with Crippen molar-refractivity contribution < 1.29 is 19.1 Å². The summed E-state index contributed by atoms with van der Waals surface area (Å²) in [5.41, 5.74) is 9.80. The lowest BCUT2D eigenvalue weighted by molar-refractivity contribution is -0.116. The second kappa shape index (κ2) is 12.4. The van der Waals surface area contributed by atoms with Gasteiger partial charge < -0.3 is 25.4 Å². The van der Waals surface area contributed by atoms with E-state index in [1.165, 1.54) is 6.08 Å². The summed E-state index contributed by atoms with van der Waals surface area (Å²) < 4.78 is 11.1. The number of amides is 2. The second-order valence-corrected chi connectivity index (χ2v) is 8.98. The van der Waals surface area contributed by atoms with E-state index in [0.717, 1.165) is 22.3 Å². The Morgan fingerprint density at radius 2 is 1.89 bits per heavy atom. The Bertz CT molecular complexity index is 1290. The van der Waals surface area contributed by atoms with E-state index in [4.69, 9.17) is 26.8 Å². The topological polar surface area (TPSA) is 107 Å². The van der Waals surface area contributed by atoms with Crippen molar-refractivity contribution in [2.75, 3.05) is 45.2 Å². The van der Waals surface area contributed by atoms with Gasteiger partial charge in [0.05, 0.1) is 24.8 Å². The van der Waals surface area contributed by atoms with Gasteiger partial charge in [-0.05, 0) is 65.6 Å². The van der Waals surface area contributed by atoms with Crippen molar-refractivity contribution in [3.63, 3.8) is 0 Å². The molecule has 8 nitrogen and oxygen atoms in total. The fourth-order valence-corrected chi connectivity index (χ4v) is 4.13. The molecule has 3 aromatic rings. The normalized spacial score (nSPS) is 13.5. The van der Waals surface area contributed by atoms with Crippen molar-refractivity contribution in [2.45, 2.75) is 6.92 Å². The van der Waals surface area contributed by atoms with Crippen LogP contribution in [0.15, 0.2) is 60.8 Å². The fraction of sp³-hybridized carbons (Fsp3) is 0.250. The standard InChI is InChI=1S/C28H29ClN4O4/c1-19-16-21(4-6-23(19)28(35)33-11-14-36-15-12-33)22-5-7-25(24(29)17-22)37-13-10-31-27(34)9-3-20-2-8-26(30)32-18-20/h2-9,16-18H,10-15H2,1H3,(H2,30,32)(H,31,34). The largest absolute Gasteiger partial charge is 0.490 e. The molecule has 1 saturated heterocycles. The summed E-state index contributed by atoms with van der Waals surface area (Å²) in [4.78, 5) is 30.6. The third kappa shape index (κ3) is 7.09. The number of hydrogen-bond donors (Lipinski definition) is 2. The molecular weight excluding hydrogens is 492 g/mol. The van der Waals surface area contributed by atoms with Gasteiger partial charge in [0.25, 0.3) is 5.91 Å². The van der Waals surface area contributed by atoms with Crippen molar-refractivity contribution in [3.8, 4) is 16.9 Å². The number of anilines is 1. The Morgan fingerprint density at radius 1 is 1.14 bits per heavy atom. The number of aryl methyl sites for hydroxylation is 1. The zero-order valence-electron chi connectivity index (χ0n) is 20.6. The van der Waals surface area contributed by atoms with E-state index >= 15 is 0 Å². The Morgan fingerprint density at radius 3 is 2.59 bits per heavy atom. The molecule has 1 fully saturated rings. The van der Waals surface area contributed by atoms with Gasteiger partial charge in [-0.25, -0.2) is 4.98 Å². The quantitative estimate of drug-likeness (QED) is 0.344. The molecule has 1 aliphatic rings. The Hall–Kier alpha value is -3.88. The molecule has 2 aromatic carbocycles. The number of halogens is 1. The SMILES string of the molecule is Cc1cc(-c2ccc(OCCNC(=O)C=Cc3ccc(N)nc3)c(Cl)c2)ccc1C(=O)N1CCOCC1. The summed E-state index contributed by atoms with van der Waals surface area (Å²) in [6, 6.07) is 14.8. The van der Waals surface area contributed by atoms with Gasteiger partial charge in [-0.15, -0.1) is 0 Å². The Labute approximate surface area is 221 Å². The summed E-state index contributed by atoms with van der Waals surface area (Å²) in [7, 11) is 0. The van der Waals surface area contributed by atoms with Crippen LogP contribution in [0.4, 0.5) is 5.82 Å². The monoisotopic (exact) mass is 520 g/mol. The van der Waals surface area contributed by atoms with Crippen molar-refractivity contribution in [1.29, 1.82) is 0 Å². The molecule has 0 saturated carbocycles. The molecule has 3 N–H and O–H groups in total. The summed E-state index contributed by atoms with van der Waals surface area (Å²) in [6.45, 7) is 4.88. The van der Waals surface area contributed by atoms with Crippen molar-refractivity contribution in [2.24, 2.45) is 0 Å². The first-order valence-corrected chi connectivity index (χ1v) is 12.4. The zero-order valence-corrected chi connectivity index (χ0v) is 21.3. The lowest BCUT2D eigenvalue weighted by Gasteiger charge is -2.27. The number of nitrogens with zero attached hydrogens (tertiary/aromatic N) is 2. The molecule has 1 aromatic heterocycles. The van der Waals surface area contributed by atoms with Crippen molar-refractivity contribution >= 4 is 35.3 Å². The number of rotatable bonds is 8. The molecule has 9 heteroatoms. The van der Waals surface area contributed by atoms with Crippen LogP contribution in [0.5, 0.6) is 5.75 Å². The van der Waals surface area contributed by atoms with Crippen LogP contribution in [0.25, 0.3) is 17.2 Å². The highest BCUT2D eigenvalue weighted by Gasteiger charge is 2.20. The van der Waals surface area contributed by atoms with Gasteiger partial charge >= 0.3 is 0 Å². The van der Waals surface area contributed by atoms with Crippen LogP contribution in [0.2, 0.25) is 5.02 Å². The van der Waals surface area contributed by atoms with Crippen LogP contribution < -0.4 is 15.8 Å². The first-order chi connectivity index (χ1) is 17.9. The summed E-state index contributed by atoms with van der Waals surface area (Å²) >= 11 is 6.46. The highest BCUT2D eigenvalue weighted by molar-refractivity contribution is 6.32. The minimum Gasteiger partial charge on any atom is -0.490 e. The Balaban J connectivity index is 1.29. The molecule has 2 heterocycles. The van der Waals surface area contributed by atoms with Crippen LogP contribution in [0, 0.1) is 6.92 Å². The number of nitrogen functional groups attached to an aromatic ring is 1. The van der Waals surface area contributed by atoms with Crippen LogP contribution in [0.1, 0.15) is 21.5 Å². The third-order valence-electron chi connectivity index (χ3n) is 5.92. The van der Waals surface area contributed by atoms with E-state index in [1.807, 2.05) is 42.2 Å². The summed E-state index contributed by atoms with van der Waals surface area (Å²) in [5, 5.41) is 3.22. The maximum Gasteiger partial charge on any atom is 0.254 e. The van der Waals surface area contributed by atoms with Gasteiger partial charge in [0, 0.05) is 30.9 Å². The average Bonchev–Trinajstić information content (AvgIpc) is 2.91. The van der Waals surface area contributed by atoms with Gasteiger partial charge in [0.1, 0.15) is 18.2 Å². The summed E-state index contributed by atoms with van der Waals surface area (Å²) in [6.07, 6.45) is 4.68. The Kier molecular flexibility index (Phi) is 8.77. The molecule has 0 bridgehead atoms. The lowest BCUT2D eigenvalue weighted by Crippen LogP contribution is -2.40. The van der Waals surface area contributed by atoms with Gasteiger partial charge in [-0.3, -0.25) is 9.59 Å². The van der Waals surface area contributed by atoms with E-state index in [0.29, 0.717) is 55.0 Å². The van der Waals surface area contributed by atoms with Crippen molar-refractivity contribution in [1.82, 2.24) is 15.2 Å².